The number of anilines is 1. The summed E-state index contributed by atoms with van der Waals surface area (Å²) in [7, 11) is 3.81. The molecule has 0 aliphatic heterocycles. The molecule has 3 aromatic rings. The first-order chi connectivity index (χ1) is 16.3. The highest BCUT2D eigenvalue weighted by atomic mass is 35.5. The van der Waals surface area contributed by atoms with Crippen molar-refractivity contribution in [2.75, 3.05) is 19.4 Å². The first kappa shape index (κ1) is 26.9. The molecule has 3 rings (SSSR count). The van der Waals surface area contributed by atoms with E-state index < -0.39 is 6.67 Å². The molecule has 5 nitrogen and oxygen atoms in total. The highest BCUT2D eigenvalue weighted by molar-refractivity contribution is 6.31. The summed E-state index contributed by atoms with van der Waals surface area (Å²) in [6.45, 7) is 9.25. The highest BCUT2D eigenvalue weighted by Crippen LogP contribution is 2.28. The van der Waals surface area contributed by atoms with Crippen LogP contribution in [0.3, 0.4) is 0 Å². The van der Waals surface area contributed by atoms with Crippen LogP contribution in [0.15, 0.2) is 61.3 Å². The summed E-state index contributed by atoms with van der Waals surface area (Å²) in [5, 5.41) is 3.11. The fourth-order valence-corrected chi connectivity index (χ4v) is 3.24. The molecule has 0 fully saturated rings. The molecule has 7 heteroatoms. The van der Waals surface area contributed by atoms with Crippen LogP contribution in [0.4, 0.5) is 10.1 Å². The van der Waals surface area contributed by atoms with E-state index in [0.29, 0.717) is 27.8 Å². The predicted molar refractivity (Wildman–Crippen MR) is 138 cm³/mol. The number of pyridine rings is 1. The number of ether oxygens (including phenoxy) is 1. The monoisotopic (exact) mass is 483 g/mol. The smallest absolute Gasteiger partial charge is 0.228 e. The Morgan fingerprint density at radius 3 is 2.53 bits per heavy atom. The molecule has 0 aliphatic carbocycles. The molecule has 180 valence electrons. The molecule has 0 aliphatic rings. The number of hydrogen-bond donors (Lipinski definition) is 1. The maximum absolute atomic E-state index is 13.0. The third-order valence-electron chi connectivity index (χ3n) is 4.87. The lowest BCUT2D eigenvalue weighted by Gasteiger charge is -2.16. The van der Waals surface area contributed by atoms with Crippen LogP contribution < -0.4 is 10.1 Å². The second kappa shape index (κ2) is 12.8. The van der Waals surface area contributed by atoms with Crippen molar-refractivity contribution < 1.29 is 13.9 Å². The van der Waals surface area contributed by atoms with Gasteiger partial charge in [0.15, 0.2) is 0 Å². The van der Waals surface area contributed by atoms with Crippen molar-refractivity contribution in [3.8, 4) is 11.5 Å². The van der Waals surface area contributed by atoms with E-state index in [-0.39, 0.29) is 12.3 Å². The zero-order valence-electron chi connectivity index (χ0n) is 20.3. The minimum atomic E-state index is -0.689. The van der Waals surface area contributed by atoms with Crippen molar-refractivity contribution in [3.63, 3.8) is 0 Å². The van der Waals surface area contributed by atoms with Gasteiger partial charge in [0.05, 0.1) is 17.8 Å². The molecular formula is C27H31ClFN3O2. The number of rotatable bonds is 8. The number of benzene rings is 2. The number of aromatic nitrogens is 1. The average Bonchev–Trinajstić information content (AvgIpc) is 2.83. The quantitative estimate of drug-likeness (QED) is 0.373. The Balaban J connectivity index is 0.00000199. The van der Waals surface area contributed by atoms with Crippen LogP contribution in [-0.2, 0) is 17.9 Å². The normalized spacial score (nSPS) is 10.1. The van der Waals surface area contributed by atoms with Gasteiger partial charge < -0.3 is 15.0 Å². The van der Waals surface area contributed by atoms with Gasteiger partial charge in [-0.3, -0.25) is 9.78 Å². The van der Waals surface area contributed by atoms with Crippen molar-refractivity contribution in [3.05, 3.63) is 88.7 Å². The Morgan fingerprint density at radius 1 is 1.15 bits per heavy atom. The second-order valence-corrected chi connectivity index (χ2v) is 7.99. The first-order valence-corrected chi connectivity index (χ1v) is 11.4. The number of nitrogens with zero attached hydrogens (tertiary/aromatic N) is 2. The largest absolute Gasteiger partial charge is 0.457 e. The standard InChI is InChI=1S/C25H25ClFN3O2.C2H6/c1-16-11-18(12-25(31)29-20-6-7-22(26)19(13-20)15-27)5-8-24(16)32-21-9-10-28-23(14-21)17(2)30(3)4;1-2/h5-11,13-14H,2,12,15H2,1,3-4H3,(H,29,31);1-2H3. The van der Waals surface area contributed by atoms with Gasteiger partial charge in [0.25, 0.3) is 0 Å². The van der Waals surface area contributed by atoms with E-state index >= 15 is 0 Å². The molecular weight excluding hydrogens is 453 g/mol. The van der Waals surface area contributed by atoms with E-state index in [1.54, 1.807) is 24.4 Å². The van der Waals surface area contributed by atoms with E-state index in [0.717, 1.165) is 22.5 Å². The third-order valence-corrected chi connectivity index (χ3v) is 5.24. The van der Waals surface area contributed by atoms with Crippen molar-refractivity contribution in [1.29, 1.82) is 0 Å². The Labute approximate surface area is 206 Å². The van der Waals surface area contributed by atoms with Gasteiger partial charge in [-0.15, -0.1) is 0 Å². The number of carbonyl (C=O) groups excluding carboxylic acids is 1. The molecule has 0 saturated carbocycles. The molecule has 34 heavy (non-hydrogen) atoms. The number of nitrogens with one attached hydrogen (secondary N) is 1. The summed E-state index contributed by atoms with van der Waals surface area (Å²) in [6.07, 6.45) is 1.86. The predicted octanol–water partition coefficient (Wildman–Crippen LogP) is 7.04. The lowest BCUT2D eigenvalue weighted by molar-refractivity contribution is -0.115. The SMILES string of the molecule is C=C(c1cc(Oc2ccc(CC(=O)Nc3ccc(Cl)c(CF)c3)cc2C)ccn1)N(C)C.CC. The van der Waals surface area contributed by atoms with Gasteiger partial charge >= 0.3 is 0 Å². The van der Waals surface area contributed by atoms with Crippen molar-refractivity contribution >= 4 is 28.9 Å². The molecule has 0 unspecified atom stereocenters. The van der Waals surface area contributed by atoms with Crippen molar-refractivity contribution in [2.45, 2.75) is 33.9 Å². The summed E-state index contributed by atoms with van der Waals surface area (Å²) in [5.74, 6) is 1.14. The van der Waals surface area contributed by atoms with E-state index in [4.69, 9.17) is 16.3 Å². The number of amides is 1. The summed E-state index contributed by atoms with van der Waals surface area (Å²) >= 11 is 5.92. The van der Waals surface area contributed by atoms with Crippen LogP contribution in [0, 0.1) is 6.92 Å². The highest BCUT2D eigenvalue weighted by Gasteiger charge is 2.10. The maximum atomic E-state index is 13.0. The minimum absolute atomic E-state index is 0.177. The number of halogens is 2. The topological polar surface area (TPSA) is 54.5 Å². The lowest BCUT2D eigenvalue weighted by Crippen LogP contribution is -2.14. The van der Waals surface area contributed by atoms with E-state index in [2.05, 4.69) is 16.9 Å². The molecule has 1 N–H and O–H groups in total. The molecule has 0 saturated heterocycles. The van der Waals surface area contributed by atoms with E-state index in [9.17, 15) is 9.18 Å². The lowest BCUT2D eigenvalue weighted by atomic mass is 10.1. The molecule has 0 spiro atoms. The summed E-state index contributed by atoms with van der Waals surface area (Å²) < 4.78 is 19.0. The van der Waals surface area contributed by atoms with Crippen LogP contribution in [0.1, 0.15) is 36.2 Å². The van der Waals surface area contributed by atoms with Gasteiger partial charge in [-0.2, -0.15) is 0 Å². The van der Waals surface area contributed by atoms with Gasteiger partial charge in [0.2, 0.25) is 5.91 Å². The molecule has 0 atom stereocenters. The van der Waals surface area contributed by atoms with E-state index in [1.807, 2.05) is 64.0 Å². The Kier molecular flexibility index (Phi) is 10.1. The molecule has 0 bridgehead atoms. The molecule has 1 aromatic heterocycles. The third kappa shape index (κ3) is 7.32. The van der Waals surface area contributed by atoms with Crippen LogP contribution in [0.25, 0.3) is 5.70 Å². The maximum Gasteiger partial charge on any atom is 0.228 e. The average molecular weight is 484 g/mol. The summed E-state index contributed by atoms with van der Waals surface area (Å²) in [5.41, 5.74) is 4.10. The van der Waals surface area contributed by atoms with Crippen LogP contribution in [-0.4, -0.2) is 29.9 Å². The molecule has 2 aromatic carbocycles. The van der Waals surface area contributed by atoms with Gasteiger partial charge in [-0.25, -0.2) is 4.39 Å². The van der Waals surface area contributed by atoms with Crippen molar-refractivity contribution in [2.24, 2.45) is 0 Å². The minimum Gasteiger partial charge on any atom is -0.457 e. The summed E-state index contributed by atoms with van der Waals surface area (Å²) in [6, 6.07) is 14.0. The van der Waals surface area contributed by atoms with Gasteiger partial charge in [-0.1, -0.05) is 44.2 Å². The van der Waals surface area contributed by atoms with Gasteiger partial charge in [0.1, 0.15) is 18.2 Å². The van der Waals surface area contributed by atoms with Gasteiger partial charge in [-0.05, 0) is 48.4 Å². The van der Waals surface area contributed by atoms with Crippen LogP contribution in [0.2, 0.25) is 5.02 Å². The second-order valence-electron chi connectivity index (χ2n) is 7.58. The first-order valence-electron chi connectivity index (χ1n) is 11.0. The fourth-order valence-electron chi connectivity index (χ4n) is 3.07. The number of alkyl halides is 1. The summed E-state index contributed by atoms with van der Waals surface area (Å²) in [4.78, 5) is 18.6. The van der Waals surface area contributed by atoms with Gasteiger partial charge in [0, 0.05) is 42.6 Å². The molecule has 0 radical (unpaired) electrons. The Morgan fingerprint density at radius 2 is 1.88 bits per heavy atom. The Hall–Kier alpha value is -3.38. The van der Waals surface area contributed by atoms with Crippen molar-refractivity contribution in [1.82, 2.24) is 9.88 Å². The van der Waals surface area contributed by atoms with E-state index in [1.165, 1.54) is 6.07 Å². The zero-order chi connectivity index (χ0) is 25.3. The fraction of sp³-hybridized carbons (Fsp3) is 0.259. The Bertz CT molecular complexity index is 1150. The number of carbonyl (C=O) groups is 1. The van der Waals surface area contributed by atoms with Crippen LogP contribution in [0.5, 0.6) is 11.5 Å². The number of hydrogen-bond acceptors (Lipinski definition) is 4. The molecule has 1 amide bonds. The zero-order valence-corrected chi connectivity index (χ0v) is 21.0. The number of aryl methyl sites for hydroxylation is 1. The van der Waals surface area contributed by atoms with Crippen LogP contribution >= 0.6 is 11.6 Å². The molecule has 1 heterocycles.